The van der Waals surface area contributed by atoms with Gasteiger partial charge in [0.1, 0.15) is 11.8 Å². The number of nitrogens with zero attached hydrogens (tertiary/aromatic N) is 2. The molecule has 0 saturated heterocycles. The van der Waals surface area contributed by atoms with Crippen LogP contribution >= 0.6 is 11.6 Å². The number of hydrogen-bond acceptors (Lipinski definition) is 5. The summed E-state index contributed by atoms with van der Waals surface area (Å²) in [7, 11) is -2.14. The third-order valence-electron chi connectivity index (χ3n) is 5.94. The Hall–Kier alpha value is -2.78. The number of sulfonamides is 1. The van der Waals surface area contributed by atoms with Crippen molar-refractivity contribution in [2.75, 3.05) is 24.2 Å². The van der Waals surface area contributed by atoms with Crippen LogP contribution in [0.1, 0.15) is 45.6 Å². The maximum Gasteiger partial charge on any atom is 0.242 e. The summed E-state index contributed by atoms with van der Waals surface area (Å²) in [5, 5.41) is 3.22. The molecule has 0 aliphatic heterocycles. The van der Waals surface area contributed by atoms with Crippen molar-refractivity contribution in [1.82, 2.24) is 10.2 Å². The Balaban J connectivity index is 2.17. The molecule has 0 aromatic heterocycles. The van der Waals surface area contributed by atoms with Gasteiger partial charge in [0.25, 0.3) is 0 Å². The van der Waals surface area contributed by atoms with Crippen LogP contribution < -0.4 is 14.4 Å². The lowest BCUT2D eigenvalue weighted by molar-refractivity contribution is -0.140. The topological polar surface area (TPSA) is 96.0 Å². The minimum absolute atomic E-state index is 0.00623. The molecule has 198 valence electrons. The van der Waals surface area contributed by atoms with Crippen molar-refractivity contribution >= 4 is 39.1 Å². The van der Waals surface area contributed by atoms with Gasteiger partial charge in [-0.25, -0.2) is 8.42 Å². The largest absolute Gasteiger partial charge is 0.495 e. The molecule has 0 heterocycles. The smallest absolute Gasteiger partial charge is 0.242 e. The van der Waals surface area contributed by atoms with E-state index in [2.05, 4.69) is 5.32 Å². The quantitative estimate of drug-likeness (QED) is 0.412. The Bertz CT molecular complexity index is 1130. The average molecular weight is 538 g/mol. The van der Waals surface area contributed by atoms with Gasteiger partial charge in [-0.05, 0) is 50.5 Å². The fourth-order valence-corrected chi connectivity index (χ4v) is 4.85. The Morgan fingerprint density at radius 3 is 2.33 bits per heavy atom. The van der Waals surface area contributed by atoms with Crippen LogP contribution in [-0.2, 0) is 26.2 Å². The number of nitrogens with one attached hydrogen (secondary N) is 1. The molecule has 0 unspecified atom stereocenters. The highest BCUT2D eigenvalue weighted by Crippen LogP contribution is 2.30. The Labute approximate surface area is 219 Å². The number of methoxy groups -OCH3 is 1. The molecular formula is C26H36ClN3O5S. The van der Waals surface area contributed by atoms with Crippen molar-refractivity contribution < 1.29 is 22.7 Å². The molecule has 0 spiro atoms. The maximum atomic E-state index is 13.3. The Morgan fingerprint density at radius 2 is 1.78 bits per heavy atom. The Kier molecular flexibility index (Phi) is 11.0. The van der Waals surface area contributed by atoms with E-state index in [0.717, 1.165) is 18.2 Å². The van der Waals surface area contributed by atoms with E-state index < -0.39 is 16.1 Å². The summed E-state index contributed by atoms with van der Waals surface area (Å²) in [5.41, 5.74) is 1.29. The molecule has 2 amide bonds. The third-order valence-corrected chi connectivity index (χ3v) is 7.43. The molecule has 1 N–H and O–H groups in total. The SMILES string of the molecule is CC[C@H](C)NC(=O)[C@@H](C)N(Cc1ccccc1)C(=O)CCCN(c1ccc(OC)c(Cl)c1)S(C)(=O)=O. The molecular weight excluding hydrogens is 502 g/mol. The van der Waals surface area contributed by atoms with Gasteiger partial charge in [-0.15, -0.1) is 0 Å². The summed E-state index contributed by atoms with van der Waals surface area (Å²) >= 11 is 6.19. The number of anilines is 1. The molecule has 0 bridgehead atoms. The lowest BCUT2D eigenvalue weighted by atomic mass is 10.1. The van der Waals surface area contributed by atoms with E-state index in [1.165, 1.54) is 17.5 Å². The van der Waals surface area contributed by atoms with E-state index >= 15 is 0 Å². The second-order valence-electron chi connectivity index (χ2n) is 8.76. The van der Waals surface area contributed by atoms with E-state index in [0.29, 0.717) is 11.4 Å². The number of rotatable bonds is 13. The first kappa shape index (κ1) is 29.5. The van der Waals surface area contributed by atoms with Crippen molar-refractivity contribution in [2.45, 2.75) is 58.7 Å². The summed E-state index contributed by atoms with van der Waals surface area (Å²) in [6, 6.07) is 13.5. The summed E-state index contributed by atoms with van der Waals surface area (Å²) < 4.78 is 31.3. The van der Waals surface area contributed by atoms with Crippen LogP contribution in [0, 0.1) is 0 Å². The van der Waals surface area contributed by atoms with Gasteiger partial charge in [-0.2, -0.15) is 0 Å². The van der Waals surface area contributed by atoms with Gasteiger partial charge in [0.2, 0.25) is 21.8 Å². The molecule has 8 nitrogen and oxygen atoms in total. The fraction of sp³-hybridized carbons (Fsp3) is 0.462. The van der Waals surface area contributed by atoms with Crippen LogP contribution in [0.5, 0.6) is 5.75 Å². The van der Waals surface area contributed by atoms with Gasteiger partial charge in [0.15, 0.2) is 0 Å². The number of halogens is 1. The highest BCUT2D eigenvalue weighted by Gasteiger charge is 2.27. The fourth-order valence-electron chi connectivity index (χ4n) is 3.64. The van der Waals surface area contributed by atoms with Gasteiger partial charge in [-0.3, -0.25) is 13.9 Å². The van der Waals surface area contributed by atoms with Crippen molar-refractivity contribution in [3.8, 4) is 5.75 Å². The number of amides is 2. The highest BCUT2D eigenvalue weighted by atomic mass is 35.5. The van der Waals surface area contributed by atoms with Crippen molar-refractivity contribution in [1.29, 1.82) is 0 Å². The van der Waals surface area contributed by atoms with Crippen LogP contribution in [0.25, 0.3) is 0 Å². The van der Waals surface area contributed by atoms with Crippen molar-refractivity contribution in [3.05, 3.63) is 59.1 Å². The number of hydrogen-bond donors (Lipinski definition) is 1. The predicted octanol–water partition coefficient (Wildman–Crippen LogP) is 4.23. The average Bonchev–Trinajstić information content (AvgIpc) is 2.84. The molecule has 36 heavy (non-hydrogen) atoms. The molecule has 2 aromatic rings. The first-order valence-corrected chi connectivity index (χ1v) is 14.2. The van der Waals surface area contributed by atoms with Gasteiger partial charge < -0.3 is 15.0 Å². The van der Waals surface area contributed by atoms with Crippen LogP contribution in [0.2, 0.25) is 5.02 Å². The first-order valence-electron chi connectivity index (χ1n) is 11.9. The van der Waals surface area contributed by atoms with Gasteiger partial charge in [-0.1, -0.05) is 48.9 Å². The number of benzene rings is 2. The van der Waals surface area contributed by atoms with E-state index in [4.69, 9.17) is 16.3 Å². The van der Waals surface area contributed by atoms with Gasteiger partial charge in [0.05, 0.1) is 24.1 Å². The molecule has 0 saturated carbocycles. The summed E-state index contributed by atoms with van der Waals surface area (Å²) in [6.07, 6.45) is 2.22. The zero-order valence-corrected chi connectivity index (χ0v) is 23.1. The Morgan fingerprint density at radius 1 is 1.11 bits per heavy atom. The standard InChI is InChI=1S/C26H36ClN3O5S/c1-6-19(2)28-26(32)20(3)29(18-21-11-8-7-9-12-21)25(31)13-10-16-30(36(5,33)34)22-14-15-24(35-4)23(27)17-22/h7-9,11-12,14-15,17,19-20H,6,10,13,16,18H2,1-5H3,(H,28,32)/t19-,20+/m0/s1. The number of ether oxygens (including phenoxy) is 1. The second-order valence-corrected chi connectivity index (χ2v) is 11.1. The third kappa shape index (κ3) is 8.41. The zero-order chi connectivity index (χ0) is 26.9. The zero-order valence-electron chi connectivity index (χ0n) is 21.5. The minimum Gasteiger partial charge on any atom is -0.495 e. The molecule has 2 atom stereocenters. The number of carbonyl (C=O) groups excluding carboxylic acids is 2. The molecule has 0 aliphatic rings. The summed E-state index contributed by atoms with van der Waals surface area (Å²) in [5.74, 6) is -0.0172. The number of carbonyl (C=O) groups is 2. The van der Waals surface area contributed by atoms with E-state index in [1.807, 2.05) is 44.2 Å². The van der Waals surface area contributed by atoms with E-state index in [9.17, 15) is 18.0 Å². The molecule has 0 radical (unpaired) electrons. The van der Waals surface area contributed by atoms with Crippen LogP contribution in [0.4, 0.5) is 5.69 Å². The second kappa shape index (κ2) is 13.5. The molecule has 2 rings (SSSR count). The first-order chi connectivity index (χ1) is 17.0. The van der Waals surface area contributed by atoms with Crippen LogP contribution in [-0.4, -0.2) is 57.1 Å². The molecule has 2 aromatic carbocycles. The van der Waals surface area contributed by atoms with Crippen LogP contribution in [0.15, 0.2) is 48.5 Å². The normalized spacial score (nSPS) is 12.9. The lowest BCUT2D eigenvalue weighted by Gasteiger charge is -2.30. The highest BCUT2D eigenvalue weighted by molar-refractivity contribution is 7.92. The summed E-state index contributed by atoms with van der Waals surface area (Å²) in [6.45, 7) is 5.96. The maximum absolute atomic E-state index is 13.3. The minimum atomic E-state index is -3.62. The predicted molar refractivity (Wildman–Crippen MR) is 144 cm³/mol. The summed E-state index contributed by atoms with van der Waals surface area (Å²) in [4.78, 5) is 27.7. The van der Waals surface area contributed by atoms with Gasteiger partial charge >= 0.3 is 0 Å². The van der Waals surface area contributed by atoms with Crippen molar-refractivity contribution in [3.63, 3.8) is 0 Å². The van der Waals surface area contributed by atoms with E-state index in [-0.39, 0.29) is 48.8 Å². The molecule has 10 heteroatoms. The van der Waals surface area contributed by atoms with Gasteiger partial charge in [0, 0.05) is 25.6 Å². The lowest BCUT2D eigenvalue weighted by Crippen LogP contribution is -2.49. The monoisotopic (exact) mass is 537 g/mol. The van der Waals surface area contributed by atoms with Crippen LogP contribution in [0.3, 0.4) is 0 Å². The molecule has 0 fully saturated rings. The molecule has 0 aliphatic carbocycles. The van der Waals surface area contributed by atoms with E-state index in [1.54, 1.807) is 24.0 Å². The van der Waals surface area contributed by atoms with Crippen molar-refractivity contribution in [2.24, 2.45) is 0 Å².